The summed E-state index contributed by atoms with van der Waals surface area (Å²) in [4.78, 5) is 0. The van der Waals surface area contributed by atoms with Crippen molar-refractivity contribution in [1.29, 1.82) is 0 Å². The van der Waals surface area contributed by atoms with Crippen molar-refractivity contribution in [2.45, 2.75) is 33.6 Å². The highest BCUT2D eigenvalue weighted by molar-refractivity contribution is 8.31. The molecule has 0 rings (SSSR count). The van der Waals surface area contributed by atoms with Crippen LogP contribution in [-0.4, -0.2) is 17.3 Å². The molecule has 0 aliphatic rings. The number of hydrogen-bond acceptors (Lipinski definition) is 1. The van der Waals surface area contributed by atoms with Gasteiger partial charge in [0.2, 0.25) is 0 Å². The molecule has 0 aromatic heterocycles. The number of nitrogens with two attached hydrogens (primary N) is 1. The van der Waals surface area contributed by atoms with E-state index in [1.807, 2.05) is 0 Å². The maximum absolute atomic E-state index is 6.20. The number of rotatable bonds is 5. The zero-order valence-electron chi connectivity index (χ0n) is 7.52. The smallest absolute Gasteiger partial charge is 0.0115 e. The standard InChI is InChI=1S/C8H21NS/c1-4-7-10(9,6-3)8-5-2/h4-9H2,1-3H3. The Morgan fingerprint density at radius 3 is 1.60 bits per heavy atom. The minimum absolute atomic E-state index is 0.677. The van der Waals surface area contributed by atoms with Crippen LogP contribution in [0.25, 0.3) is 0 Å². The maximum Gasteiger partial charge on any atom is -0.0115 e. The Bertz CT molecular complexity index is 77.3. The molecule has 64 valence electrons. The van der Waals surface area contributed by atoms with Gasteiger partial charge in [-0.15, -0.1) is 0 Å². The summed E-state index contributed by atoms with van der Waals surface area (Å²) in [7, 11) is -0.677. The molecule has 0 heterocycles. The van der Waals surface area contributed by atoms with Crippen molar-refractivity contribution in [2.24, 2.45) is 5.14 Å². The molecular formula is C8H21NS. The monoisotopic (exact) mass is 163 g/mol. The van der Waals surface area contributed by atoms with Crippen molar-refractivity contribution in [3.63, 3.8) is 0 Å². The average Bonchev–Trinajstić information content (AvgIpc) is 1.89. The van der Waals surface area contributed by atoms with E-state index in [0.29, 0.717) is 0 Å². The molecule has 0 aliphatic heterocycles. The predicted molar refractivity (Wildman–Crippen MR) is 52.6 cm³/mol. The molecule has 0 aromatic rings. The summed E-state index contributed by atoms with van der Waals surface area (Å²) in [5.41, 5.74) is 0. The van der Waals surface area contributed by atoms with Crippen LogP contribution in [0.15, 0.2) is 0 Å². The first-order valence-electron chi connectivity index (χ1n) is 4.22. The fraction of sp³-hybridized carbons (Fsp3) is 1.00. The molecule has 0 unspecified atom stereocenters. The van der Waals surface area contributed by atoms with E-state index < -0.39 is 10.2 Å². The molecule has 0 aromatic carbocycles. The summed E-state index contributed by atoms with van der Waals surface area (Å²) in [5, 5.41) is 6.20. The van der Waals surface area contributed by atoms with Crippen LogP contribution >= 0.6 is 10.2 Å². The van der Waals surface area contributed by atoms with Gasteiger partial charge in [-0.25, -0.2) is 0 Å². The molecule has 0 aliphatic carbocycles. The Morgan fingerprint density at radius 2 is 1.40 bits per heavy atom. The summed E-state index contributed by atoms with van der Waals surface area (Å²) >= 11 is 0. The molecule has 0 bridgehead atoms. The maximum atomic E-state index is 6.20. The molecule has 2 heteroatoms. The molecule has 0 saturated heterocycles. The first kappa shape index (κ1) is 10.3. The Balaban J connectivity index is 3.69. The van der Waals surface area contributed by atoms with Gasteiger partial charge in [0.1, 0.15) is 0 Å². The van der Waals surface area contributed by atoms with Gasteiger partial charge >= 0.3 is 0 Å². The predicted octanol–water partition coefficient (Wildman–Crippen LogP) is 2.50. The second-order valence-electron chi connectivity index (χ2n) is 2.81. The minimum Gasteiger partial charge on any atom is -0.294 e. The van der Waals surface area contributed by atoms with E-state index in [-0.39, 0.29) is 0 Å². The molecule has 0 spiro atoms. The largest absolute Gasteiger partial charge is 0.294 e. The van der Waals surface area contributed by atoms with E-state index in [0.717, 1.165) is 0 Å². The molecule has 1 nitrogen and oxygen atoms in total. The van der Waals surface area contributed by atoms with E-state index in [1.165, 1.54) is 30.1 Å². The third-order valence-electron chi connectivity index (χ3n) is 1.80. The summed E-state index contributed by atoms with van der Waals surface area (Å²) < 4.78 is 0. The lowest BCUT2D eigenvalue weighted by Crippen LogP contribution is -2.20. The minimum atomic E-state index is -0.677. The van der Waals surface area contributed by atoms with Crippen LogP contribution in [0.2, 0.25) is 0 Å². The van der Waals surface area contributed by atoms with Crippen LogP contribution in [0.4, 0.5) is 0 Å². The number of hydrogen-bond donors (Lipinski definition) is 1. The highest BCUT2D eigenvalue weighted by Gasteiger charge is 2.12. The van der Waals surface area contributed by atoms with Crippen molar-refractivity contribution in [1.82, 2.24) is 0 Å². The van der Waals surface area contributed by atoms with Crippen molar-refractivity contribution in [3.05, 3.63) is 0 Å². The van der Waals surface area contributed by atoms with Crippen molar-refractivity contribution < 1.29 is 0 Å². The first-order chi connectivity index (χ1) is 4.68. The van der Waals surface area contributed by atoms with Gasteiger partial charge < -0.3 is 0 Å². The molecule has 0 amide bonds. The lowest BCUT2D eigenvalue weighted by atomic mass is 10.6. The molecule has 10 heavy (non-hydrogen) atoms. The van der Waals surface area contributed by atoms with Crippen molar-refractivity contribution >= 4 is 10.2 Å². The van der Waals surface area contributed by atoms with Gasteiger partial charge in [-0.1, -0.05) is 20.8 Å². The van der Waals surface area contributed by atoms with Gasteiger partial charge in [-0.2, -0.15) is 10.2 Å². The third kappa shape index (κ3) is 3.47. The van der Waals surface area contributed by atoms with Gasteiger partial charge in [0.15, 0.2) is 0 Å². The van der Waals surface area contributed by atoms with E-state index in [9.17, 15) is 0 Å². The van der Waals surface area contributed by atoms with Gasteiger partial charge in [-0.05, 0) is 30.1 Å². The van der Waals surface area contributed by atoms with Crippen LogP contribution < -0.4 is 5.14 Å². The Kier molecular flexibility index (Phi) is 5.18. The lowest BCUT2D eigenvalue weighted by molar-refractivity contribution is 1.04. The fourth-order valence-corrected chi connectivity index (χ4v) is 3.61. The van der Waals surface area contributed by atoms with Gasteiger partial charge in [0.05, 0.1) is 0 Å². The SMILES string of the molecule is CCCS(N)(CC)CCC. The zero-order chi connectivity index (χ0) is 8.04. The zero-order valence-corrected chi connectivity index (χ0v) is 8.34. The normalized spacial score (nSPS) is 13.6. The molecule has 0 saturated carbocycles. The Morgan fingerprint density at radius 1 is 1.00 bits per heavy atom. The molecule has 0 radical (unpaired) electrons. The Hall–Kier alpha value is 0.310. The molecule has 2 N–H and O–H groups in total. The van der Waals surface area contributed by atoms with E-state index in [4.69, 9.17) is 5.14 Å². The fourth-order valence-electron chi connectivity index (χ4n) is 1.20. The second kappa shape index (κ2) is 5.03. The van der Waals surface area contributed by atoms with Gasteiger partial charge in [0, 0.05) is 0 Å². The van der Waals surface area contributed by atoms with Crippen molar-refractivity contribution in [3.8, 4) is 0 Å². The molecule has 0 fully saturated rings. The molecular weight excluding hydrogens is 142 g/mol. The summed E-state index contributed by atoms with van der Waals surface area (Å²) in [5.74, 6) is 3.73. The molecule has 0 atom stereocenters. The highest BCUT2D eigenvalue weighted by atomic mass is 32.3. The van der Waals surface area contributed by atoms with Gasteiger partial charge in [0.25, 0.3) is 0 Å². The second-order valence-corrected chi connectivity index (χ2v) is 6.43. The lowest BCUT2D eigenvalue weighted by Gasteiger charge is -2.33. The summed E-state index contributed by atoms with van der Waals surface area (Å²) in [6.07, 6.45) is 2.50. The quantitative estimate of drug-likeness (QED) is 0.662. The van der Waals surface area contributed by atoms with Crippen molar-refractivity contribution in [2.75, 3.05) is 17.3 Å². The van der Waals surface area contributed by atoms with Crippen LogP contribution in [0.3, 0.4) is 0 Å². The summed E-state index contributed by atoms with van der Waals surface area (Å²) in [6.45, 7) is 6.67. The van der Waals surface area contributed by atoms with Crippen LogP contribution in [0, 0.1) is 0 Å². The van der Waals surface area contributed by atoms with E-state index in [1.54, 1.807) is 0 Å². The van der Waals surface area contributed by atoms with Crippen LogP contribution in [0.5, 0.6) is 0 Å². The average molecular weight is 163 g/mol. The first-order valence-corrected chi connectivity index (χ1v) is 6.43. The van der Waals surface area contributed by atoms with Gasteiger partial charge in [-0.3, -0.25) is 5.14 Å². The topological polar surface area (TPSA) is 26.0 Å². The van der Waals surface area contributed by atoms with Crippen LogP contribution in [0.1, 0.15) is 33.6 Å². The summed E-state index contributed by atoms with van der Waals surface area (Å²) in [6, 6.07) is 0. The third-order valence-corrected chi connectivity index (χ3v) is 5.39. The van der Waals surface area contributed by atoms with Crippen LogP contribution in [-0.2, 0) is 0 Å². The van der Waals surface area contributed by atoms with E-state index in [2.05, 4.69) is 20.8 Å². The highest BCUT2D eigenvalue weighted by Crippen LogP contribution is 2.39. The van der Waals surface area contributed by atoms with E-state index >= 15 is 0 Å². The Labute approximate surface area is 66.8 Å².